The maximum Gasteiger partial charge on any atom is 0.220 e. The summed E-state index contributed by atoms with van der Waals surface area (Å²) in [6.45, 7) is 2.60. The van der Waals surface area contributed by atoms with E-state index in [2.05, 4.69) is 35.1 Å². The predicted molar refractivity (Wildman–Crippen MR) is 79.4 cm³/mol. The number of carbonyl (C=O) groups excluding carboxylic acids is 1. The maximum atomic E-state index is 11.5. The Labute approximate surface area is 119 Å². The molecular formula is C16H21N3O. The van der Waals surface area contributed by atoms with Gasteiger partial charge in [0.25, 0.3) is 0 Å². The molecule has 0 unspecified atom stereocenters. The van der Waals surface area contributed by atoms with Gasteiger partial charge in [-0.3, -0.25) is 4.79 Å². The average molecular weight is 271 g/mol. The lowest BCUT2D eigenvalue weighted by molar-refractivity contribution is -0.121. The lowest BCUT2D eigenvalue weighted by atomic mass is 10.2. The molecular weight excluding hydrogens is 250 g/mol. The summed E-state index contributed by atoms with van der Waals surface area (Å²) >= 11 is 0. The van der Waals surface area contributed by atoms with E-state index in [9.17, 15) is 4.79 Å². The number of benzene rings is 1. The van der Waals surface area contributed by atoms with Crippen LogP contribution in [0.3, 0.4) is 0 Å². The van der Waals surface area contributed by atoms with Gasteiger partial charge >= 0.3 is 0 Å². The van der Waals surface area contributed by atoms with Crippen molar-refractivity contribution in [3.63, 3.8) is 0 Å². The van der Waals surface area contributed by atoms with Crippen molar-refractivity contribution in [3.05, 3.63) is 29.6 Å². The fourth-order valence-electron chi connectivity index (χ4n) is 2.60. The largest absolute Gasteiger partial charge is 0.352 e. The first kappa shape index (κ1) is 13.2. The number of rotatable bonds is 5. The molecule has 1 aromatic carbocycles. The highest BCUT2D eigenvalue weighted by atomic mass is 16.1. The van der Waals surface area contributed by atoms with Crippen LogP contribution in [0.25, 0.3) is 11.0 Å². The zero-order valence-electron chi connectivity index (χ0n) is 12.1. The van der Waals surface area contributed by atoms with Crippen LogP contribution in [-0.4, -0.2) is 15.5 Å². The van der Waals surface area contributed by atoms with Crippen molar-refractivity contribution in [1.82, 2.24) is 14.9 Å². The third-order valence-electron chi connectivity index (χ3n) is 3.89. The smallest absolute Gasteiger partial charge is 0.220 e. The van der Waals surface area contributed by atoms with E-state index in [0.717, 1.165) is 17.5 Å². The zero-order valence-corrected chi connectivity index (χ0v) is 12.1. The summed E-state index contributed by atoms with van der Waals surface area (Å²) in [6.07, 6.45) is 4.00. The van der Waals surface area contributed by atoms with E-state index in [1.165, 1.54) is 24.2 Å². The van der Waals surface area contributed by atoms with Gasteiger partial charge in [-0.2, -0.15) is 0 Å². The molecule has 1 aliphatic carbocycles. The minimum atomic E-state index is 0.118. The van der Waals surface area contributed by atoms with Gasteiger partial charge in [-0.15, -0.1) is 0 Å². The van der Waals surface area contributed by atoms with Crippen molar-refractivity contribution in [3.8, 4) is 0 Å². The van der Waals surface area contributed by atoms with Gasteiger partial charge in [0.1, 0.15) is 5.82 Å². The summed E-state index contributed by atoms with van der Waals surface area (Å²) in [5.74, 6) is 1.97. The Balaban J connectivity index is 1.78. The quantitative estimate of drug-likeness (QED) is 0.909. The number of aromatic nitrogens is 2. The topological polar surface area (TPSA) is 46.9 Å². The van der Waals surface area contributed by atoms with Crippen LogP contribution in [-0.2, 0) is 18.4 Å². The highest BCUT2D eigenvalue weighted by Gasteiger charge is 2.28. The molecule has 20 heavy (non-hydrogen) atoms. The molecule has 3 rings (SSSR count). The Morgan fingerprint density at radius 2 is 2.25 bits per heavy atom. The summed E-state index contributed by atoms with van der Waals surface area (Å²) in [6, 6.07) is 6.27. The van der Waals surface area contributed by atoms with Gasteiger partial charge in [-0.1, -0.05) is 13.0 Å². The van der Waals surface area contributed by atoms with Gasteiger partial charge in [0.2, 0.25) is 5.91 Å². The Morgan fingerprint density at radius 1 is 1.45 bits per heavy atom. The first-order valence-electron chi connectivity index (χ1n) is 7.41. The molecule has 0 atom stereocenters. The summed E-state index contributed by atoms with van der Waals surface area (Å²) < 4.78 is 2.20. The fraction of sp³-hybridized carbons (Fsp3) is 0.500. The number of fused-ring (bicyclic) bond motifs is 1. The van der Waals surface area contributed by atoms with Crippen molar-refractivity contribution in [1.29, 1.82) is 0 Å². The summed E-state index contributed by atoms with van der Waals surface area (Å²) in [7, 11) is 2.09. The van der Waals surface area contributed by atoms with Gasteiger partial charge in [0.05, 0.1) is 11.0 Å². The first-order chi connectivity index (χ1) is 9.69. The highest BCUT2D eigenvalue weighted by molar-refractivity contribution is 5.78. The summed E-state index contributed by atoms with van der Waals surface area (Å²) in [4.78, 5) is 16.3. The molecule has 106 valence electrons. The molecule has 0 spiro atoms. The standard InChI is InChI=1S/C16H21N3O/c1-3-4-15(20)17-10-11-5-8-14-13(9-11)18-16(19(14)2)12-6-7-12/h5,8-9,12H,3-4,6-7,10H2,1-2H3,(H,17,20). The monoisotopic (exact) mass is 271 g/mol. The second-order valence-electron chi connectivity index (χ2n) is 5.65. The Morgan fingerprint density at radius 3 is 2.95 bits per heavy atom. The van der Waals surface area contributed by atoms with Gasteiger partial charge in [0.15, 0.2) is 0 Å². The second kappa shape index (κ2) is 5.27. The van der Waals surface area contributed by atoms with E-state index in [1.807, 2.05) is 6.92 Å². The van der Waals surface area contributed by atoms with Crippen LogP contribution >= 0.6 is 0 Å². The molecule has 1 aromatic heterocycles. The number of amides is 1. The van der Waals surface area contributed by atoms with Crippen molar-refractivity contribution in [2.24, 2.45) is 7.05 Å². The SMILES string of the molecule is CCCC(=O)NCc1ccc2c(c1)nc(C1CC1)n2C. The minimum absolute atomic E-state index is 0.118. The van der Waals surface area contributed by atoms with Gasteiger partial charge in [-0.25, -0.2) is 4.98 Å². The van der Waals surface area contributed by atoms with Crippen molar-refractivity contribution in [2.45, 2.75) is 45.1 Å². The number of aryl methyl sites for hydroxylation is 1. The Hall–Kier alpha value is -1.84. The van der Waals surface area contributed by atoms with Crippen LogP contribution in [0.1, 0.15) is 49.9 Å². The number of nitrogens with zero attached hydrogens (tertiary/aromatic N) is 2. The van der Waals surface area contributed by atoms with E-state index in [0.29, 0.717) is 18.9 Å². The molecule has 0 saturated heterocycles. The molecule has 0 radical (unpaired) electrons. The van der Waals surface area contributed by atoms with Crippen LogP contribution in [0.15, 0.2) is 18.2 Å². The lowest BCUT2D eigenvalue weighted by Gasteiger charge is -2.04. The third-order valence-corrected chi connectivity index (χ3v) is 3.89. The molecule has 1 N–H and O–H groups in total. The van der Waals surface area contributed by atoms with Crippen LogP contribution in [0.4, 0.5) is 0 Å². The van der Waals surface area contributed by atoms with Crippen LogP contribution in [0.5, 0.6) is 0 Å². The Bertz CT molecular complexity index is 640. The molecule has 2 aromatic rings. The third kappa shape index (κ3) is 2.55. The van der Waals surface area contributed by atoms with Gasteiger partial charge in [0, 0.05) is 25.9 Å². The molecule has 1 aliphatic rings. The summed E-state index contributed by atoms with van der Waals surface area (Å²) in [5, 5.41) is 2.95. The molecule has 0 aliphatic heterocycles. The minimum Gasteiger partial charge on any atom is -0.352 e. The van der Waals surface area contributed by atoms with E-state index in [-0.39, 0.29) is 5.91 Å². The molecule has 0 bridgehead atoms. The molecule has 1 fully saturated rings. The molecule has 1 amide bonds. The fourth-order valence-corrected chi connectivity index (χ4v) is 2.60. The number of hydrogen-bond donors (Lipinski definition) is 1. The first-order valence-corrected chi connectivity index (χ1v) is 7.41. The van der Waals surface area contributed by atoms with Crippen LogP contribution < -0.4 is 5.32 Å². The predicted octanol–water partition coefficient (Wildman–Crippen LogP) is 2.87. The molecule has 4 heteroatoms. The highest BCUT2D eigenvalue weighted by Crippen LogP contribution is 2.40. The van der Waals surface area contributed by atoms with E-state index in [1.54, 1.807) is 0 Å². The van der Waals surface area contributed by atoms with E-state index < -0.39 is 0 Å². The Kier molecular flexibility index (Phi) is 3.47. The van der Waals surface area contributed by atoms with E-state index >= 15 is 0 Å². The number of hydrogen-bond acceptors (Lipinski definition) is 2. The lowest BCUT2D eigenvalue weighted by Crippen LogP contribution is -2.21. The number of imidazole rings is 1. The number of nitrogens with one attached hydrogen (secondary N) is 1. The molecule has 1 heterocycles. The normalized spacial score (nSPS) is 14.7. The van der Waals surface area contributed by atoms with Crippen molar-refractivity contribution < 1.29 is 4.79 Å². The average Bonchev–Trinajstić information content (AvgIpc) is 3.22. The van der Waals surface area contributed by atoms with Gasteiger partial charge in [-0.05, 0) is 37.0 Å². The summed E-state index contributed by atoms with van der Waals surface area (Å²) in [5.41, 5.74) is 3.33. The van der Waals surface area contributed by atoms with Crippen molar-refractivity contribution >= 4 is 16.9 Å². The van der Waals surface area contributed by atoms with Crippen LogP contribution in [0, 0.1) is 0 Å². The number of carbonyl (C=O) groups is 1. The van der Waals surface area contributed by atoms with E-state index in [4.69, 9.17) is 4.98 Å². The van der Waals surface area contributed by atoms with Crippen LogP contribution in [0.2, 0.25) is 0 Å². The zero-order chi connectivity index (χ0) is 14.1. The molecule has 1 saturated carbocycles. The second-order valence-corrected chi connectivity index (χ2v) is 5.65. The molecule has 4 nitrogen and oxygen atoms in total. The van der Waals surface area contributed by atoms with Crippen molar-refractivity contribution in [2.75, 3.05) is 0 Å². The van der Waals surface area contributed by atoms with Gasteiger partial charge < -0.3 is 9.88 Å². The maximum absolute atomic E-state index is 11.5.